The number of carboxylic acids is 1. The molecule has 0 atom stereocenters. The van der Waals surface area contributed by atoms with Gasteiger partial charge in [0, 0.05) is 26.1 Å². The van der Waals surface area contributed by atoms with Crippen LogP contribution in [0, 0.1) is 0 Å². The van der Waals surface area contributed by atoms with Crippen molar-refractivity contribution in [3.05, 3.63) is 30.3 Å². The van der Waals surface area contributed by atoms with E-state index in [0.717, 1.165) is 0 Å². The number of sulfonamides is 1. The summed E-state index contributed by atoms with van der Waals surface area (Å²) >= 11 is 0. The zero-order valence-corrected chi connectivity index (χ0v) is 16.5. The van der Waals surface area contributed by atoms with Crippen molar-refractivity contribution in [1.29, 1.82) is 0 Å². The highest BCUT2D eigenvalue weighted by Gasteiger charge is 2.19. The predicted molar refractivity (Wildman–Crippen MR) is 103 cm³/mol. The van der Waals surface area contributed by atoms with E-state index in [-0.39, 0.29) is 11.3 Å². The topological polar surface area (TPSA) is 101 Å². The molecule has 1 aliphatic carbocycles. The van der Waals surface area contributed by atoms with Crippen molar-refractivity contribution in [2.75, 3.05) is 13.6 Å². The molecule has 0 radical (unpaired) electrons. The summed E-state index contributed by atoms with van der Waals surface area (Å²) in [5.74, 6) is -0.815. The lowest BCUT2D eigenvalue weighted by Gasteiger charge is -2.16. The van der Waals surface area contributed by atoms with Crippen LogP contribution in [-0.4, -0.2) is 43.4 Å². The number of hydrogen-bond donors (Lipinski definition) is 2. The fraction of sp³-hybridized carbons (Fsp3) is 0.632. The Morgan fingerprint density at radius 1 is 1.12 bits per heavy atom. The minimum absolute atomic E-state index is 0.134. The van der Waals surface area contributed by atoms with E-state index in [1.54, 1.807) is 37.4 Å². The summed E-state index contributed by atoms with van der Waals surface area (Å²) in [5.41, 5.74) is 5.63. The van der Waals surface area contributed by atoms with Gasteiger partial charge in [-0.1, -0.05) is 43.9 Å². The molecule has 1 saturated carbocycles. The van der Waals surface area contributed by atoms with Crippen LogP contribution in [-0.2, 0) is 14.8 Å². The number of aliphatic carboxylic acids is 1. The summed E-state index contributed by atoms with van der Waals surface area (Å²) in [6.45, 7) is 0.400. The van der Waals surface area contributed by atoms with Gasteiger partial charge in [-0.3, -0.25) is 4.79 Å². The third kappa shape index (κ3) is 8.78. The van der Waals surface area contributed by atoms with Gasteiger partial charge in [-0.25, -0.2) is 12.7 Å². The molecule has 0 amide bonds. The second kappa shape index (κ2) is 12.0. The lowest BCUT2D eigenvalue weighted by Crippen LogP contribution is -2.27. The van der Waals surface area contributed by atoms with Gasteiger partial charge < -0.3 is 10.8 Å². The molecule has 1 fully saturated rings. The van der Waals surface area contributed by atoms with E-state index in [2.05, 4.69) is 0 Å². The van der Waals surface area contributed by atoms with E-state index in [0.29, 0.717) is 31.8 Å². The van der Waals surface area contributed by atoms with Gasteiger partial charge in [0.25, 0.3) is 0 Å². The van der Waals surface area contributed by atoms with Crippen molar-refractivity contribution in [2.45, 2.75) is 68.7 Å². The summed E-state index contributed by atoms with van der Waals surface area (Å²) in [6.07, 6.45) is 8.75. The number of carboxylic acid groups (broad SMARTS) is 1. The van der Waals surface area contributed by atoms with E-state index in [1.807, 2.05) is 0 Å². The van der Waals surface area contributed by atoms with Crippen LogP contribution in [0.3, 0.4) is 0 Å². The molecule has 148 valence electrons. The molecule has 0 aromatic heterocycles. The van der Waals surface area contributed by atoms with Gasteiger partial charge in [0.05, 0.1) is 4.90 Å². The van der Waals surface area contributed by atoms with E-state index < -0.39 is 16.0 Å². The predicted octanol–water partition coefficient (Wildman–Crippen LogP) is 3.23. The molecule has 1 aromatic carbocycles. The number of rotatable bonds is 8. The summed E-state index contributed by atoms with van der Waals surface area (Å²) in [7, 11) is -1.88. The molecule has 2 rings (SSSR count). The molecule has 0 spiro atoms. The van der Waals surface area contributed by atoms with E-state index in [1.165, 1.54) is 36.4 Å². The molecule has 0 heterocycles. The van der Waals surface area contributed by atoms with Crippen molar-refractivity contribution in [2.24, 2.45) is 5.73 Å². The van der Waals surface area contributed by atoms with Gasteiger partial charge in [0.2, 0.25) is 10.0 Å². The lowest BCUT2D eigenvalue weighted by molar-refractivity contribution is -0.137. The maximum Gasteiger partial charge on any atom is 0.303 e. The van der Waals surface area contributed by atoms with Crippen LogP contribution in [0.15, 0.2) is 35.2 Å². The number of nitrogens with zero attached hydrogens (tertiary/aromatic N) is 1. The molecule has 0 saturated heterocycles. The minimum Gasteiger partial charge on any atom is -0.481 e. The third-order valence-electron chi connectivity index (χ3n) is 4.46. The van der Waals surface area contributed by atoms with Gasteiger partial charge in [-0.15, -0.1) is 0 Å². The fourth-order valence-corrected chi connectivity index (χ4v) is 4.04. The first-order chi connectivity index (χ1) is 12.3. The molecular weight excluding hydrogens is 352 g/mol. The smallest absolute Gasteiger partial charge is 0.303 e. The van der Waals surface area contributed by atoms with Crippen LogP contribution in [0.2, 0.25) is 0 Å². The largest absolute Gasteiger partial charge is 0.481 e. The number of nitrogens with two attached hydrogens (primary N) is 1. The Bertz CT molecular complexity index is 614. The molecule has 26 heavy (non-hydrogen) atoms. The Morgan fingerprint density at radius 2 is 1.73 bits per heavy atom. The first-order valence-electron chi connectivity index (χ1n) is 9.33. The Labute approximate surface area is 157 Å². The van der Waals surface area contributed by atoms with Crippen molar-refractivity contribution >= 4 is 16.0 Å². The second-order valence-corrected chi connectivity index (χ2v) is 8.79. The van der Waals surface area contributed by atoms with Crippen LogP contribution in [0.5, 0.6) is 0 Å². The minimum atomic E-state index is -3.43. The fourth-order valence-electron chi connectivity index (χ4n) is 2.81. The lowest BCUT2D eigenvalue weighted by atomic mass is 9.97. The molecule has 1 aromatic rings. The highest BCUT2D eigenvalue weighted by molar-refractivity contribution is 7.89. The van der Waals surface area contributed by atoms with E-state index in [9.17, 15) is 13.2 Å². The summed E-state index contributed by atoms with van der Waals surface area (Å²) in [4.78, 5) is 10.6. The normalized spacial score (nSPS) is 15.3. The summed E-state index contributed by atoms with van der Waals surface area (Å²) in [6, 6.07) is 8.81. The molecule has 7 heteroatoms. The van der Waals surface area contributed by atoms with E-state index in [4.69, 9.17) is 10.8 Å². The number of hydrogen-bond acceptors (Lipinski definition) is 4. The van der Waals surface area contributed by atoms with Crippen LogP contribution in [0.4, 0.5) is 0 Å². The monoisotopic (exact) mass is 384 g/mol. The maximum absolute atomic E-state index is 12.1. The number of unbranched alkanes of at least 4 members (excludes halogenated alkanes) is 2. The second-order valence-electron chi connectivity index (χ2n) is 6.74. The molecule has 0 unspecified atom stereocenters. The van der Waals surface area contributed by atoms with Gasteiger partial charge in [0.15, 0.2) is 0 Å². The third-order valence-corrected chi connectivity index (χ3v) is 6.34. The van der Waals surface area contributed by atoms with Crippen molar-refractivity contribution < 1.29 is 18.3 Å². The average molecular weight is 385 g/mol. The highest BCUT2D eigenvalue weighted by Crippen LogP contribution is 2.15. The van der Waals surface area contributed by atoms with Gasteiger partial charge in [-0.2, -0.15) is 0 Å². The zero-order valence-electron chi connectivity index (χ0n) is 15.6. The summed E-state index contributed by atoms with van der Waals surface area (Å²) < 4.78 is 25.6. The van der Waals surface area contributed by atoms with Crippen LogP contribution >= 0.6 is 0 Å². The first-order valence-corrected chi connectivity index (χ1v) is 10.8. The zero-order chi connectivity index (χ0) is 19.4. The Morgan fingerprint density at radius 3 is 2.23 bits per heavy atom. The van der Waals surface area contributed by atoms with Crippen molar-refractivity contribution in [3.8, 4) is 0 Å². The van der Waals surface area contributed by atoms with E-state index >= 15 is 0 Å². The van der Waals surface area contributed by atoms with Crippen LogP contribution in [0.1, 0.15) is 57.8 Å². The highest BCUT2D eigenvalue weighted by atomic mass is 32.2. The molecule has 0 aliphatic heterocycles. The standard InChI is InChI=1S/C13H19NO4S.C6H13N/c1-14(11-7-3-6-10-13(15)16)19(17,18)12-8-4-2-5-9-12;7-6-4-2-1-3-5-6/h2,4-5,8-9H,3,6-7,10-11H2,1H3,(H,15,16);6H,1-5,7H2. The van der Waals surface area contributed by atoms with Gasteiger partial charge in [-0.05, 0) is 37.8 Å². The molecule has 0 bridgehead atoms. The molecule has 3 N–H and O–H groups in total. The van der Waals surface area contributed by atoms with Crippen molar-refractivity contribution in [1.82, 2.24) is 4.31 Å². The Hall–Kier alpha value is -1.44. The van der Waals surface area contributed by atoms with Gasteiger partial charge in [0.1, 0.15) is 0 Å². The SMILES string of the molecule is CN(CCCCCC(=O)O)S(=O)(=O)c1ccccc1.NC1CCCCC1. The van der Waals surface area contributed by atoms with Crippen LogP contribution < -0.4 is 5.73 Å². The summed E-state index contributed by atoms with van der Waals surface area (Å²) in [5, 5.41) is 8.49. The average Bonchev–Trinajstić information content (AvgIpc) is 2.63. The Balaban J connectivity index is 0.000000401. The quantitative estimate of drug-likeness (QED) is 0.670. The Kier molecular flexibility index (Phi) is 10.5. The molecule has 1 aliphatic rings. The molecule has 6 nitrogen and oxygen atoms in total. The van der Waals surface area contributed by atoms with Crippen LogP contribution in [0.25, 0.3) is 0 Å². The van der Waals surface area contributed by atoms with Crippen molar-refractivity contribution in [3.63, 3.8) is 0 Å². The number of carbonyl (C=O) groups is 1. The maximum atomic E-state index is 12.1. The number of benzene rings is 1. The van der Waals surface area contributed by atoms with Gasteiger partial charge >= 0.3 is 5.97 Å². The molecular formula is C19H32N2O4S. The first kappa shape index (κ1) is 22.6.